The van der Waals surface area contributed by atoms with Gasteiger partial charge in [-0.3, -0.25) is 4.90 Å². The summed E-state index contributed by atoms with van der Waals surface area (Å²) >= 11 is 0. The molecule has 1 aliphatic rings. The number of oxime groups is 1. The minimum atomic E-state index is -1.66. The second-order valence-electron chi connectivity index (χ2n) is 8.91. The van der Waals surface area contributed by atoms with Gasteiger partial charge < -0.3 is 15.1 Å². The van der Waals surface area contributed by atoms with Crippen LogP contribution in [0, 0.1) is 11.6 Å². The van der Waals surface area contributed by atoms with E-state index in [1.165, 1.54) is 39.2 Å². The summed E-state index contributed by atoms with van der Waals surface area (Å²) in [5.74, 6) is -2.57. The maximum absolute atomic E-state index is 15.4. The zero-order valence-electron chi connectivity index (χ0n) is 19.3. The number of phenols is 1. The van der Waals surface area contributed by atoms with Gasteiger partial charge in [-0.05, 0) is 68.2 Å². The molecule has 0 radical (unpaired) electrons. The van der Waals surface area contributed by atoms with Crippen LogP contribution in [0.5, 0.6) is 5.75 Å². The minimum absolute atomic E-state index is 0.106. The molecule has 34 heavy (non-hydrogen) atoms. The number of fused-ring (bicyclic) bond motifs is 1. The average molecular weight is 476 g/mol. The topological polar surface area (TPSA) is 82.4 Å². The van der Waals surface area contributed by atoms with Crippen molar-refractivity contribution in [3.63, 3.8) is 0 Å². The summed E-state index contributed by atoms with van der Waals surface area (Å²) in [6, 6.07) is 3.69. The average Bonchev–Trinajstić information content (AvgIpc) is 2.75. The van der Waals surface area contributed by atoms with Gasteiger partial charge in [-0.1, -0.05) is 11.2 Å². The monoisotopic (exact) mass is 476 g/mol. The Labute approximate surface area is 196 Å². The molecule has 0 amide bonds. The number of hydrogen-bond donors (Lipinski definition) is 2. The van der Waals surface area contributed by atoms with Gasteiger partial charge in [0.15, 0.2) is 0 Å². The lowest BCUT2D eigenvalue weighted by molar-refractivity contribution is -0.134. The molecule has 0 fully saturated rings. The number of rotatable bonds is 6. The first-order chi connectivity index (χ1) is 16.0. The highest BCUT2D eigenvalue weighted by Crippen LogP contribution is 2.43. The van der Waals surface area contributed by atoms with Crippen LogP contribution in [-0.4, -0.2) is 52.8 Å². The number of aromatic hydroxyl groups is 1. The van der Waals surface area contributed by atoms with Crippen molar-refractivity contribution < 1.29 is 33.0 Å². The Kier molecular flexibility index (Phi) is 7.35. The van der Waals surface area contributed by atoms with Crippen molar-refractivity contribution in [2.24, 2.45) is 5.16 Å². The van der Waals surface area contributed by atoms with Crippen molar-refractivity contribution in [2.45, 2.75) is 44.9 Å². The highest BCUT2D eigenvalue weighted by atomic mass is 19.1. The zero-order chi connectivity index (χ0) is 25.2. The fraction of sp³-hybridized carbons (Fsp3) is 0.360. The third-order valence-corrected chi connectivity index (χ3v) is 5.80. The molecule has 0 saturated carbocycles. The number of ether oxygens (including phenoxy) is 1. The van der Waals surface area contributed by atoms with Crippen LogP contribution in [-0.2, 0) is 16.0 Å². The van der Waals surface area contributed by atoms with Crippen LogP contribution in [0.3, 0.4) is 0 Å². The second-order valence-corrected chi connectivity index (χ2v) is 8.91. The number of carbonyl (C=O) groups is 1. The van der Waals surface area contributed by atoms with E-state index in [4.69, 9.17) is 5.21 Å². The van der Waals surface area contributed by atoms with Crippen LogP contribution in [0.4, 0.5) is 13.2 Å². The maximum Gasteiger partial charge on any atom is 0.330 e. The number of alkyl halides is 1. The highest BCUT2D eigenvalue weighted by Gasteiger charge is 2.40. The molecule has 2 aromatic rings. The molecule has 0 aliphatic carbocycles. The molecule has 2 atom stereocenters. The van der Waals surface area contributed by atoms with Gasteiger partial charge in [0.05, 0.1) is 19.4 Å². The van der Waals surface area contributed by atoms with E-state index in [9.17, 15) is 14.3 Å². The van der Waals surface area contributed by atoms with Crippen molar-refractivity contribution >= 4 is 18.3 Å². The summed E-state index contributed by atoms with van der Waals surface area (Å²) in [6.07, 6.45) is 3.68. The largest absolute Gasteiger partial charge is 0.507 e. The Morgan fingerprint density at radius 3 is 2.50 bits per heavy atom. The van der Waals surface area contributed by atoms with Crippen molar-refractivity contribution in [3.8, 4) is 5.75 Å². The SMILES string of the molecule is COC(=O)/C=C/c1cc(F)c(C2c3ccc(O)c(/C=N/O)c3CC(C)N2CC(C)(C)F)c(F)c1. The van der Waals surface area contributed by atoms with Crippen LogP contribution >= 0.6 is 0 Å². The number of benzene rings is 2. The van der Waals surface area contributed by atoms with E-state index in [1.807, 2.05) is 0 Å². The molecule has 2 unspecified atom stereocenters. The number of hydrogen-bond acceptors (Lipinski definition) is 6. The Balaban J connectivity index is 2.23. The first kappa shape index (κ1) is 25.3. The van der Waals surface area contributed by atoms with E-state index < -0.39 is 29.3 Å². The molecule has 9 heteroatoms. The van der Waals surface area contributed by atoms with E-state index in [2.05, 4.69) is 9.89 Å². The summed E-state index contributed by atoms with van der Waals surface area (Å²) in [4.78, 5) is 13.0. The standard InChI is InChI=1S/C25H27F3N2O4/c1-14-9-17-16(6-7-21(31)18(17)12-29-33)24(30(14)13-25(2,3)28)23-19(26)10-15(11-20(23)27)5-8-22(32)34-4/h5-8,10-12,14,24,31,33H,9,13H2,1-4H3/b8-5+,29-12+. The van der Waals surface area contributed by atoms with Crippen LogP contribution < -0.4 is 0 Å². The molecule has 3 rings (SSSR count). The Morgan fingerprint density at radius 2 is 1.94 bits per heavy atom. The predicted octanol–water partition coefficient (Wildman–Crippen LogP) is 4.75. The number of halogens is 3. The van der Waals surface area contributed by atoms with Crippen molar-refractivity contribution in [3.05, 3.63) is 69.8 Å². The fourth-order valence-electron chi connectivity index (χ4n) is 4.40. The lowest BCUT2D eigenvalue weighted by Gasteiger charge is -2.44. The van der Waals surface area contributed by atoms with Gasteiger partial charge in [0, 0.05) is 29.8 Å². The van der Waals surface area contributed by atoms with E-state index >= 15 is 8.78 Å². The zero-order valence-corrected chi connectivity index (χ0v) is 19.3. The molecule has 0 bridgehead atoms. The Hall–Kier alpha value is -3.33. The van der Waals surface area contributed by atoms with Gasteiger partial charge in [0.1, 0.15) is 23.1 Å². The molecule has 0 aromatic heterocycles. The number of carbonyl (C=O) groups excluding carboxylic acids is 1. The molecular weight excluding hydrogens is 449 g/mol. The Bertz CT molecular complexity index is 1120. The second kappa shape index (κ2) is 9.89. The smallest absolute Gasteiger partial charge is 0.330 e. The van der Waals surface area contributed by atoms with Gasteiger partial charge in [-0.15, -0.1) is 0 Å². The van der Waals surface area contributed by atoms with E-state index in [0.29, 0.717) is 17.5 Å². The van der Waals surface area contributed by atoms with Gasteiger partial charge >= 0.3 is 5.97 Å². The van der Waals surface area contributed by atoms with Crippen molar-refractivity contribution in [1.29, 1.82) is 0 Å². The van der Waals surface area contributed by atoms with Gasteiger partial charge in [0.25, 0.3) is 0 Å². The predicted molar refractivity (Wildman–Crippen MR) is 122 cm³/mol. The van der Waals surface area contributed by atoms with Crippen molar-refractivity contribution in [2.75, 3.05) is 13.7 Å². The molecule has 182 valence electrons. The first-order valence-electron chi connectivity index (χ1n) is 10.7. The van der Waals surface area contributed by atoms with Crippen molar-refractivity contribution in [1.82, 2.24) is 4.90 Å². The maximum atomic E-state index is 15.4. The lowest BCUT2D eigenvalue weighted by Crippen LogP contribution is -2.48. The molecule has 2 aromatic carbocycles. The molecular formula is C25H27F3N2O4. The van der Waals surface area contributed by atoms with Crippen LogP contribution in [0.25, 0.3) is 6.08 Å². The summed E-state index contributed by atoms with van der Waals surface area (Å²) in [6.45, 7) is 4.47. The molecule has 0 spiro atoms. The van der Waals surface area contributed by atoms with E-state index in [1.54, 1.807) is 11.8 Å². The first-order valence-corrected chi connectivity index (χ1v) is 10.7. The Morgan fingerprint density at radius 1 is 1.29 bits per heavy atom. The summed E-state index contributed by atoms with van der Waals surface area (Å²) in [5, 5.41) is 22.4. The van der Waals surface area contributed by atoms with Gasteiger partial charge in [0.2, 0.25) is 0 Å². The fourth-order valence-corrected chi connectivity index (χ4v) is 4.40. The van der Waals surface area contributed by atoms with Gasteiger partial charge in [-0.2, -0.15) is 0 Å². The van der Waals surface area contributed by atoms with E-state index in [-0.39, 0.29) is 35.0 Å². The van der Waals surface area contributed by atoms with Gasteiger partial charge in [-0.25, -0.2) is 18.0 Å². The highest BCUT2D eigenvalue weighted by molar-refractivity contribution is 5.87. The number of nitrogens with zero attached hydrogens (tertiary/aromatic N) is 2. The summed E-state index contributed by atoms with van der Waals surface area (Å²) in [7, 11) is 1.19. The molecule has 0 saturated heterocycles. The summed E-state index contributed by atoms with van der Waals surface area (Å²) in [5.41, 5.74) is -0.585. The van der Waals surface area contributed by atoms with Crippen LogP contribution in [0.15, 0.2) is 35.5 Å². The molecule has 2 N–H and O–H groups in total. The van der Waals surface area contributed by atoms with Crippen LogP contribution in [0.1, 0.15) is 54.6 Å². The number of methoxy groups -OCH3 is 1. The van der Waals surface area contributed by atoms with E-state index in [0.717, 1.165) is 24.4 Å². The lowest BCUT2D eigenvalue weighted by atomic mass is 9.81. The third kappa shape index (κ3) is 5.25. The van der Waals surface area contributed by atoms with Crippen LogP contribution in [0.2, 0.25) is 0 Å². The molecule has 6 nitrogen and oxygen atoms in total. The quantitative estimate of drug-likeness (QED) is 0.207. The molecule has 1 heterocycles. The number of phenolic OH excluding ortho intramolecular Hbond substituents is 1. The number of esters is 1. The third-order valence-electron chi connectivity index (χ3n) is 5.80. The molecule has 1 aliphatic heterocycles. The minimum Gasteiger partial charge on any atom is -0.507 e. The summed E-state index contributed by atoms with van der Waals surface area (Å²) < 4.78 is 50.1. The normalized spacial score (nSPS) is 19.0.